The number of primary amides is 1. The molecule has 0 saturated heterocycles. The maximum absolute atomic E-state index is 14.8. The lowest BCUT2D eigenvalue weighted by Gasteiger charge is -2.19. The van der Waals surface area contributed by atoms with Gasteiger partial charge in [0.2, 0.25) is 5.91 Å². The molecule has 3 rings (SSSR count). The first-order valence-electron chi connectivity index (χ1n) is 7.86. The Morgan fingerprint density at radius 1 is 1.52 bits per heavy atom. The number of fused-ring (bicyclic) bond motifs is 1. The topological polar surface area (TPSA) is 110 Å². The fraction of sp³-hybridized carbons (Fsp3) is 0.375. The van der Waals surface area contributed by atoms with Gasteiger partial charge < -0.3 is 16.4 Å². The van der Waals surface area contributed by atoms with Gasteiger partial charge in [-0.05, 0) is 29.9 Å². The smallest absolute Gasteiger partial charge is 0.254 e. The molecule has 2 aromatic rings. The van der Waals surface area contributed by atoms with Crippen LogP contribution in [-0.4, -0.2) is 27.2 Å². The van der Waals surface area contributed by atoms with Gasteiger partial charge in [-0.2, -0.15) is 0 Å². The van der Waals surface area contributed by atoms with E-state index in [1.54, 1.807) is 12.3 Å². The van der Waals surface area contributed by atoms with Crippen LogP contribution in [0.15, 0.2) is 12.3 Å². The number of nitrogens with zero attached hydrogens (tertiary/aromatic N) is 2. The first-order chi connectivity index (χ1) is 11.9. The zero-order chi connectivity index (χ0) is 18.1. The van der Waals surface area contributed by atoms with Crippen molar-refractivity contribution in [3.8, 4) is 10.6 Å². The van der Waals surface area contributed by atoms with Crippen LogP contribution in [-0.2, 0) is 11.3 Å². The SMILES string of the molecule is CC(C)C[C@@H](Nc1nc(-c2ccns2)c2c(c1F)CNC2=O)C(N)=O. The van der Waals surface area contributed by atoms with Gasteiger partial charge in [0, 0.05) is 18.3 Å². The van der Waals surface area contributed by atoms with Crippen molar-refractivity contribution >= 4 is 29.2 Å². The Kier molecular flexibility index (Phi) is 4.67. The van der Waals surface area contributed by atoms with E-state index in [2.05, 4.69) is 20.0 Å². The number of amides is 2. The van der Waals surface area contributed by atoms with Crippen molar-refractivity contribution in [1.29, 1.82) is 0 Å². The number of hydrogen-bond acceptors (Lipinski definition) is 6. The fourth-order valence-electron chi connectivity index (χ4n) is 2.77. The van der Waals surface area contributed by atoms with Gasteiger partial charge in [-0.1, -0.05) is 13.8 Å². The van der Waals surface area contributed by atoms with Crippen molar-refractivity contribution in [2.24, 2.45) is 11.7 Å². The minimum Gasteiger partial charge on any atom is -0.368 e. The molecule has 0 aromatic carbocycles. The number of aromatic nitrogens is 2. The van der Waals surface area contributed by atoms with Crippen molar-refractivity contribution in [1.82, 2.24) is 14.7 Å². The molecule has 1 aliphatic rings. The Balaban J connectivity index is 2.07. The van der Waals surface area contributed by atoms with Crippen molar-refractivity contribution in [2.45, 2.75) is 32.9 Å². The van der Waals surface area contributed by atoms with Gasteiger partial charge >= 0.3 is 0 Å². The number of hydrogen-bond donors (Lipinski definition) is 3. The highest BCUT2D eigenvalue weighted by Gasteiger charge is 2.31. The van der Waals surface area contributed by atoms with E-state index in [0.717, 1.165) is 11.5 Å². The Hall–Kier alpha value is -2.55. The predicted octanol–water partition coefficient (Wildman–Crippen LogP) is 1.90. The average molecular weight is 363 g/mol. The summed E-state index contributed by atoms with van der Waals surface area (Å²) in [6.45, 7) is 3.96. The minimum atomic E-state index is -0.751. The van der Waals surface area contributed by atoms with Gasteiger partial charge in [-0.15, -0.1) is 0 Å². The van der Waals surface area contributed by atoms with E-state index < -0.39 is 17.8 Å². The molecule has 25 heavy (non-hydrogen) atoms. The molecular formula is C16H18FN5O2S. The molecule has 1 atom stereocenters. The first-order valence-corrected chi connectivity index (χ1v) is 8.63. The van der Waals surface area contributed by atoms with Crippen LogP contribution in [0.3, 0.4) is 0 Å². The second kappa shape index (κ2) is 6.75. The van der Waals surface area contributed by atoms with E-state index >= 15 is 0 Å². The summed E-state index contributed by atoms with van der Waals surface area (Å²) in [7, 11) is 0. The molecule has 132 valence electrons. The molecule has 9 heteroatoms. The first kappa shape index (κ1) is 17.3. The number of carbonyl (C=O) groups is 2. The lowest BCUT2D eigenvalue weighted by Crippen LogP contribution is -2.37. The number of pyridine rings is 1. The summed E-state index contributed by atoms with van der Waals surface area (Å²) in [5.41, 5.74) is 6.22. The van der Waals surface area contributed by atoms with Crippen LogP contribution in [0.5, 0.6) is 0 Å². The van der Waals surface area contributed by atoms with Crippen LogP contribution in [0.25, 0.3) is 10.6 Å². The number of nitrogens with one attached hydrogen (secondary N) is 2. The summed E-state index contributed by atoms with van der Waals surface area (Å²) in [5, 5.41) is 5.42. The van der Waals surface area contributed by atoms with E-state index in [-0.39, 0.29) is 35.3 Å². The van der Waals surface area contributed by atoms with Crippen LogP contribution in [0, 0.1) is 11.7 Å². The Labute approximate surface area is 148 Å². The molecule has 4 N–H and O–H groups in total. The van der Waals surface area contributed by atoms with Gasteiger partial charge in [0.1, 0.15) is 6.04 Å². The zero-order valence-corrected chi connectivity index (χ0v) is 14.6. The normalized spacial score (nSPS) is 14.3. The van der Waals surface area contributed by atoms with Gasteiger partial charge in [0.05, 0.1) is 16.1 Å². The average Bonchev–Trinajstić information content (AvgIpc) is 3.19. The molecule has 1 aliphatic heterocycles. The number of nitrogens with two attached hydrogens (primary N) is 1. The monoisotopic (exact) mass is 363 g/mol. The van der Waals surface area contributed by atoms with E-state index in [4.69, 9.17) is 5.73 Å². The van der Waals surface area contributed by atoms with Crippen LogP contribution in [0.1, 0.15) is 36.2 Å². The minimum absolute atomic E-state index is 0.0778. The summed E-state index contributed by atoms with van der Waals surface area (Å²) in [6.07, 6.45) is 2.03. The van der Waals surface area contributed by atoms with Crippen molar-refractivity contribution < 1.29 is 14.0 Å². The number of anilines is 1. The Morgan fingerprint density at radius 3 is 2.88 bits per heavy atom. The Morgan fingerprint density at radius 2 is 2.28 bits per heavy atom. The van der Waals surface area contributed by atoms with E-state index in [1.165, 1.54) is 0 Å². The molecule has 2 amide bonds. The molecule has 0 saturated carbocycles. The highest BCUT2D eigenvalue weighted by Crippen LogP contribution is 2.34. The molecule has 0 radical (unpaired) electrons. The molecule has 0 aliphatic carbocycles. The maximum atomic E-state index is 14.8. The second-order valence-electron chi connectivity index (χ2n) is 6.26. The molecule has 0 fully saturated rings. The third-order valence-corrected chi connectivity index (χ3v) is 4.67. The summed E-state index contributed by atoms with van der Waals surface area (Å²) in [6, 6.07) is 0.958. The molecule has 2 aromatic heterocycles. The van der Waals surface area contributed by atoms with Crippen LogP contribution in [0.2, 0.25) is 0 Å². The fourth-order valence-corrected chi connectivity index (χ4v) is 3.37. The Bertz CT molecular complexity index is 822. The molecule has 3 heterocycles. The van der Waals surface area contributed by atoms with Gasteiger partial charge in [-0.25, -0.2) is 13.7 Å². The highest BCUT2D eigenvalue weighted by molar-refractivity contribution is 7.09. The number of halogens is 1. The largest absolute Gasteiger partial charge is 0.368 e. The quantitative estimate of drug-likeness (QED) is 0.726. The van der Waals surface area contributed by atoms with E-state index in [0.29, 0.717) is 17.0 Å². The lowest BCUT2D eigenvalue weighted by molar-refractivity contribution is -0.119. The molecule has 0 bridgehead atoms. The molecule has 0 spiro atoms. The summed E-state index contributed by atoms with van der Waals surface area (Å²) in [5.74, 6) is -1.49. The van der Waals surface area contributed by atoms with Crippen LogP contribution < -0.4 is 16.4 Å². The van der Waals surface area contributed by atoms with E-state index in [1.807, 2.05) is 13.8 Å². The second-order valence-corrected chi connectivity index (χ2v) is 7.10. The number of rotatable bonds is 6. The van der Waals surface area contributed by atoms with Crippen LogP contribution >= 0.6 is 11.5 Å². The molecule has 0 unspecified atom stereocenters. The van der Waals surface area contributed by atoms with Crippen LogP contribution in [0.4, 0.5) is 10.2 Å². The van der Waals surface area contributed by atoms with Gasteiger partial charge in [-0.3, -0.25) is 9.59 Å². The zero-order valence-electron chi connectivity index (χ0n) is 13.8. The van der Waals surface area contributed by atoms with Crippen molar-refractivity contribution in [2.75, 3.05) is 5.32 Å². The number of carbonyl (C=O) groups excluding carboxylic acids is 2. The van der Waals surface area contributed by atoms with Crippen molar-refractivity contribution in [3.05, 3.63) is 29.2 Å². The van der Waals surface area contributed by atoms with E-state index in [9.17, 15) is 14.0 Å². The van der Waals surface area contributed by atoms with Gasteiger partial charge in [0.15, 0.2) is 11.6 Å². The maximum Gasteiger partial charge on any atom is 0.254 e. The third-order valence-electron chi connectivity index (χ3n) is 3.92. The third kappa shape index (κ3) is 3.32. The van der Waals surface area contributed by atoms with Crippen molar-refractivity contribution in [3.63, 3.8) is 0 Å². The summed E-state index contributed by atoms with van der Waals surface area (Å²) >= 11 is 1.16. The summed E-state index contributed by atoms with van der Waals surface area (Å²) < 4.78 is 18.9. The standard InChI is InChI=1S/C16H18FN5O2S/c1-7(2)5-9(14(18)23)21-15-12(17)8-6-19-16(24)11(8)13(22-15)10-3-4-20-25-10/h3-4,7,9H,5-6H2,1-2H3,(H2,18,23)(H,19,24)(H,21,22)/t9-/m1/s1. The predicted molar refractivity (Wildman–Crippen MR) is 92.5 cm³/mol. The van der Waals surface area contributed by atoms with Gasteiger partial charge in [0.25, 0.3) is 5.91 Å². The molecular weight excluding hydrogens is 345 g/mol. The highest BCUT2D eigenvalue weighted by atomic mass is 32.1. The lowest BCUT2D eigenvalue weighted by atomic mass is 10.0. The molecule has 7 nitrogen and oxygen atoms in total. The summed E-state index contributed by atoms with van der Waals surface area (Å²) in [4.78, 5) is 28.7.